The van der Waals surface area contributed by atoms with E-state index >= 15 is 0 Å². The van der Waals surface area contributed by atoms with E-state index in [4.69, 9.17) is 0 Å². The monoisotopic (exact) mass is 193 g/mol. The van der Waals surface area contributed by atoms with Crippen LogP contribution >= 0.6 is 0 Å². The summed E-state index contributed by atoms with van der Waals surface area (Å²) in [4.78, 5) is 23.3. The first-order valence-corrected chi connectivity index (χ1v) is 4.05. The Labute approximate surface area is 81.8 Å². The minimum atomic E-state index is -0.246. The molecular weight excluding hydrogens is 182 g/mol. The van der Waals surface area contributed by atoms with Crippen molar-refractivity contribution in [2.24, 2.45) is 0 Å². The maximum absolute atomic E-state index is 11.5. The highest BCUT2D eigenvalue weighted by molar-refractivity contribution is 5.96. The number of aromatic hydroxyl groups is 1. The lowest BCUT2D eigenvalue weighted by Crippen LogP contribution is -2.21. The van der Waals surface area contributed by atoms with Gasteiger partial charge in [0.05, 0.1) is 0 Å². The van der Waals surface area contributed by atoms with E-state index in [0.29, 0.717) is 11.8 Å². The second kappa shape index (κ2) is 3.91. The number of phenols is 1. The van der Waals surface area contributed by atoms with Crippen molar-refractivity contribution in [3.63, 3.8) is 0 Å². The third-order valence-corrected chi connectivity index (χ3v) is 1.73. The highest BCUT2D eigenvalue weighted by Gasteiger charge is 2.09. The zero-order chi connectivity index (χ0) is 10.7. The van der Waals surface area contributed by atoms with Crippen molar-refractivity contribution in [3.05, 3.63) is 29.3 Å². The number of aldehydes is 1. The molecule has 0 spiro atoms. The van der Waals surface area contributed by atoms with E-state index in [0.717, 1.165) is 0 Å². The van der Waals surface area contributed by atoms with Crippen molar-refractivity contribution in [1.82, 2.24) is 4.90 Å². The number of amides is 1. The number of nitrogens with zero attached hydrogens (tertiary/aromatic N) is 1. The van der Waals surface area contributed by atoms with Gasteiger partial charge in [-0.2, -0.15) is 0 Å². The summed E-state index contributed by atoms with van der Waals surface area (Å²) in [6.07, 6.45) is 0.589. The Bertz CT molecular complexity index is 372. The lowest BCUT2D eigenvalue weighted by atomic mass is 10.1. The van der Waals surface area contributed by atoms with Crippen LogP contribution in [0.5, 0.6) is 5.75 Å². The number of hydrogen-bond donors (Lipinski definition) is 1. The first-order chi connectivity index (χ1) is 6.54. The van der Waals surface area contributed by atoms with Crippen molar-refractivity contribution >= 4 is 12.2 Å². The normalized spacial score (nSPS) is 9.57. The molecule has 0 heterocycles. The Kier molecular flexibility index (Phi) is 2.86. The average molecular weight is 193 g/mol. The van der Waals surface area contributed by atoms with Crippen LogP contribution in [0.3, 0.4) is 0 Å². The van der Waals surface area contributed by atoms with Crippen LogP contribution in [0.4, 0.5) is 0 Å². The molecule has 74 valence electrons. The van der Waals surface area contributed by atoms with Crippen LogP contribution in [0, 0.1) is 0 Å². The van der Waals surface area contributed by atoms with Gasteiger partial charge in [0, 0.05) is 25.2 Å². The van der Waals surface area contributed by atoms with Gasteiger partial charge in [0.25, 0.3) is 5.91 Å². The van der Waals surface area contributed by atoms with Crippen LogP contribution in [0.2, 0.25) is 0 Å². The Morgan fingerprint density at radius 3 is 2.50 bits per heavy atom. The molecule has 0 unspecified atom stereocenters. The minimum Gasteiger partial charge on any atom is -0.508 e. The number of rotatable bonds is 2. The molecule has 0 aliphatic heterocycles. The molecule has 4 nitrogen and oxygen atoms in total. The molecule has 1 amide bonds. The zero-order valence-electron chi connectivity index (χ0n) is 8.02. The van der Waals surface area contributed by atoms with Gasteiger partial charge in [-0.25, -0.2) is 0 Å². The summed E-state index contributed by atoms with van der Waals surface area (Å²) in [7, 11) is 3.21. The Hall–Kier alpha value is -1.84. The van der Waals surface area contributed by atoms with Gasteiger partial charge < -0.3 is 10.0 Å². The minimum absolute atomic E-state index is 0.0835. The van der Waals surface area contributed by atoms with Gasteiger partial charge in [0.15, 0.2) is 0 Å². The topological polar surface area (TPSA) is 57.6 Å². The van der Waals surface area contributed by atoms with Crippen LogP contribution < -0.4 is 0 Å². The third kappa shape index (κ3) is 2.10. The third-order valence-electron chi connectivity index (χ3n) is 1.73. The second-order valence-electron chi connectivity index (χ2n) is 3.13. The Balaban J connectivity index is 3.15. The van der Waals surface area contributed by atoms with Crippen LogP contribution in [-0.2, 0) is 0 Å². The summed E-state index contributed by atoms with van der Waals surface area (Å²) in [5.41, 5.74) is 0.590. The highest BCUT2D eigenvalue weighted by atomic mass is 16.3. The molecule has 0 aliphatic carbocycles. The molecule has 4 heteroatoms. The molecule has 1 rings (SSSR count). The molecule has 1 aromatic rings. The molecule has 0 radical (unpaired) electrons. The smallest absolute Gasteiger partial charge is 0.253 e. The second-order valence-corrected chi connectivity index (χ2v) is 3.13. The molecule has 0 saturated carbocycles. The van der Waals surface area contributed by atoms with Crippen LogP contribution in [-0.4, -0.2) is 36.3 Å². The van der Waals surface area contributed by atoms with Gasteiger partial charge in [-0.3, -0.25) is 9.59 Å². The quantitative estimate of drug-likeness (QED) is 0.710. The molecule has 0 bridgehead atoms. The molecule has 0 atom stereocenters. The molecule has 1 N–H and O–H groups in total. The Morgan fingerprint density at radius 2 is 2.00 bits per heavy atom. The predicted molar refractivity (Wildman–Crippen MR) is 51.5 cm³/mol. The van der Waals surface area contributed by atoms with Crippen molar-refractivity contribution in [3.8, 4) is 5.75 Å². The number of phenolic OH excluding ortho intramolecular Hbond substituents is 1. The van der Waals surface area contributed by atoms with E-state index in [-0.39, 0.29) is 17.2 Å². The standard InChI is InChI=1S/C10H11NO3/c1-11(2)10(14)8-3-7(6-12)4-9(13)5-8/h3-6,13H,1-2H3. The lowest BCUT2D eigenvalue weighted by Gasteiger charge is -2.10. The van der Waals surface area contributed by atoms with E-state index < -0.39 is 0 Å². The maximum atomic E-state index is 11.5. The number of carbonyl (C=O) groups excluding carboxylic acids is 2. The van der Waals surface area contributed by atoms with Gasteiger partial charge in [-0.1, -0.05) is 0 Å². The molecule has 0 saturated heterocycles. The fraction of sp³-hybridized carbons (Fsp3) is 0.200. The summed E-state index contributed by atoms with van der Waals surface area (Å²) < 4.78 is 0. The lowest BCUT2D eigenvalue weighted by molar-refractivity contribution is 0.0827. The molecular formula is C10H11NO3. The van der Waals surface area contributed by atoms with E-state index in [1.54, 1.807) is 14.1 Å². The van der Waals surface area contributed by atoms with Crippen LogP contribution in [0.15, 0.2) is 18.2 Å². The van der Waals surface area contributed by atoms with Crippen LogP contribution in [0.25, 0.3) is 0 Å². The van der Waals surface area contributed by atoms with Gasteiger partial charge in [-0.15, -0.1) is 0 Å². The molecule has 1 aromatic carbocycles. The summed E-state index contributed by atoms with van der Waals surface area (Å²) in [6, 6.07) is 4.07. The van der Waals surface area contributed by atoms with Gasteiger partial charge >= 0.3 is 0 Å². The summed E-state index contributed by atoms with van der Waals surface area (Å²) in [6.45, 7) is 0. The van der Waals surface area contributed by atoms with Crippen molar-refractivity contribution in [1.29, 1.82) is 0 Å². The molecule has 14 heavy (non-hydrogen) atoms. The van der Waals surface area contributed by atoms with E-state index in [2.05, 4.69) is 0 Å². The van der Waals surface area contributed by atoms with Crippen molar-refractivity contribution in [2.75, 3.05) is 14.1 Å². The summed E-state index contributed by atoms with van der Waals surface area (Å²) in [5.74, 6) is -0.330. The number of carbonyl (C=O) groups is 2. The largest absolute Gasteiger partial charge is 0.508 e. The average Bonchev–Trinajstić information content (AvgIpc) is 2.15. The van der Waals surface area contributed by atoms with Crippen molar-refractivity contribution in [2.45, 2.75) is 0 Å². The molecule has 0 fully saturated rings. The predicted octanol–water partition coefficient (Wildman–Crippen LogP) is 0.907. The fourth-order valence-electron chi connectivity index (χ4n) is 1.08. The van der Waals surface area contributed by atoms with Crippen LogP contribution in [0.1, 0.15) is 20.7 Å². The van der Waals surface area contributed by atoms with E-state index in [1.807, 2.05) is 0 Å². The first-order valence-electron chi connectivity index (χ1n) is 4.05. The Morgan fingerprint density at radius 1 is 1.36 bits per heavy atom. The summed E-state index contributed by atoms with van der Waals surface area (Å²) >= 11 is 0. The molecule has 0 aliphatic rings. The van der Waals surface area contributed by atoms with Gasteiger partial charge in [0.1, 0.15) is 12.0 Å². The fourth-order valence-corrected chi connectivity index (χ4v) is 1.08. The van der Waals surface area contributed by atoms with Gasteiger partial charge in [0.2, 0.25) is 0 Å². The highest BCUT2D eigenvalue weighted by Crippen LogP contribution is 2.15. The molecule has 0 aromatic heterocycles. The number of hydrogen-bond acceptors (Lipinski definition) is 3. The summed E-state index contributed by atoms with van der Waals surface area (Å²) in [5, 5.41) is 9.23. The first kappa shape index (κ1) is 10.2. The van der Waals surface area contributed by atoms with E-state index in [9.17, 15) is 14.7 Å². The maximum Gasteiger partial charge on any atom is 0.253 e. The van der Waals surface area contributed by atoms with Gasteiger partial charge in [-0.05, 0) is 18.2 Å². The number of benzene rings is 1. The van der Waals surface area contributed by atoms with Crippen molar-refractivity contribution < 1.29 is 14.7 Å². The SMILES string of the molecule is CN(C)C(=O)c1cc(O)cc(C=O)c1. The van der Waals surface area contributed by atoms with E-state index in [1.165, 1.54) is 23.1 Å². The zero-order valence-corrected chi connectivity index (χ0v) is 8.02.